The Balaban J connectivity index is 1.76. The third-order valence-electron chi connectivity index (χ3n) is 4.83. The predicted octanol–water partition coefficient (Wildman–Crippen LogP) is 4.34. The second-order valence-electron chi connectivity index (χ2n) is 6.39. The van der Waals surface area contributed by atoms with Gasteiger partial charge in [-0.3, -0.25) is 0 Å². The summed E-state index contributed by atoms with van der Waals surface area (Å²) in [5.41, 5.74) is 7.73. The number of aromatic nitrogens is 1. The van der Waals surface area contributed by atoms with Gasteiger partial charge in [0.25, 0.3) is 6.02 Å². The van der Waals surface area contributed by atoms with E-state index in [2.05, 4.69) is 25.9 Å². The number of hydrogen-bond donors (Lipinski definition) is 1. The summed E-state index contributed by atoms with van der Waals surface area (Å²) in [7, 11) is 0. The first kappa shape index (κ1) is 16.3. The molecule has 0 saturated heterocycles. The largest absolute Gasteiger partial charge is 0.462 e. The first-order chi connectivity index (χ1) is 13.1. The average molecular weight is 426 g/mol. The fourth-order valence-corrected chi connectivity index (χ4v) is 3.96. The summed E-state index contributed by atoms with van der Waals surface area (Å²) in [5, 5.41) is 0. The molecule has 1 atom stereocenters. The van der Waals surface area contributed by atoms with Gasteiger partial charge in [0.1, 0.15) is 18.1 Å². The van der Waals surface area contributed by atoms with E-state index in [-0.39, 0.29) is 12.6 Å². The fourth-order valence-electron chi connectivity index (χ4n) is 3.60. The van der Waals surface area contributed by atoms with E-state index in [0.717, 1.165) is 15.6 Å². The third-order valence-corrected chi connectivity index (χ3v) is 5.33. The first-order valence-electron chi connectivity index (χ1n) is 8.28. The maximum absolute atomic E-state index is 14.2. The van der Waals surface area contributed by atoms with Crippen LogP contribution >= 0.6 is 15.9 Å². The van der Waals surface area contributed by atoms with E-state index in [1.165, 1.54) is 6.20 Å². The van der Waals surface area contributed by atoms with Crippen molar-refractivity contribution in [1.82, 2.24) is 4.98 Å². The molecule has 2 aliphatic rings. The minimum absolute atomic E-state index is 0.117. The van der Waals surface area contributed by atoms with E-state index in [9.17, 15) is 4.39 Å². The average Bonchev–Trinajstić information content (AvgIpc) is 3.06. The molecule has 2 N–H and O–H groups in total. The third kappa shape index (κ3) is 2.42. The molecule has 0 radical (unpaired) electrons. The van der Waals surface area contributed by atoms with Crippen molar-refractivity contribution >= 4 is 22.0 Å². The molecule has 5 rings (SSSR count). The topological polar surface area (TPSA) is 69.7 Å². The van der Waals surface area contributed by atoms with Crippen molar-refractivity contribution in [2.24, 2.45) is 10.7 Å². The summed E-state index contributed by atoms with van der Waals surface area (Å²) in [6, 6.07) is 14.7. The highest BCUT2D eigenvalue weighted by molar-refractivity contribution is 9.10. The summed E-state index contributed by atoms with van der Waals surface area (Å²) in [6.45, 7) is 0.248. The van der Waals surface area contributed by atoms with Gasteiger partial charge in [-0.05, 0) is 48.0 Å². The number of ether oxygens (including phenoxy) is 2. The normalized spacial score (nSPS) is 19.7. The molecule has 0 amide bonds. The van der Waals surface area contributed by atoms with Crippen LogP contribution in [0, 0.1) is 5.95 Å². The lowest BCUT2D eigenvalue weighted by Crippen LogP contribution is -2.31. The lowest BCUT2D eigenvalue weighted by atomic mass is 9.80. The van der Waals surface area contributed by atoms with E-state index in [1.807, 2.05) is 30.3 Å². The number of hydrogen-bond acceptors (Lipinski definition) is 5. The van der Waals surface area contributed by atoms with Gasteiger partial charge in [-0.25, -0.2) is 9.98 Å². The van der Waals surface area contributed by atoms with Crippen LogP contribution in [-0.2, 0) is 10.3 Å². The number of halogens is 2. The number of fused-ring (bicyclic) bond motifs is 4. The monoisotopic (exact) mass is 425 g/mol. The fraction of sp³-hybridized carbons (Fsp3) is 0.100. The second-order valence-corrected chi connectivity index (χ2v) is 7.31. The molecule has 27 heavy (non-hydrogen) atoms. The molecule has 0 saturated carbocycles. The Morgan fingerprint density at radius 2 is 1.85 bits per heavy atom. The van der Waals surface area contributed by atoms with Crippen LogP contribution in [0.1, 0.15) is 11.1 Å². The molecule has 0 aliphatic carbocycles. The van der Waals surface area contributed by atoms with Crippen molar-refractivity contribution in [2.45, 2.75) is 5.54 Å². The molecule has 0 bridgehead atoms. The van der Waals surface area contributed by atoms with Crippen LogP contribution in [0.5, 0.6) is 11.5 Å². The highest BCUT2D eigenvalue weighted by atomic mass is 79.9. The molecule has 2 aliphatic heterocycles. The van der Waals surface area contributed by atoms with Crippen LogP contribution in [0.25, 0.3) is 11.1 Å². The van der Waals surface area contributed by atoms with Crippen molar-refractivity contribution in [3.63, 3.8) is 0 Å². The molecule has 7 heteroatoms. The SMILES string of the molecule is NC1=NC2(CO1)c1cc(Br)ccc1Oc1ccc(-c3cccnc3F)cc12. The van der Waals surface area contributed by atoms with Gasteiger partial charge in [-0.15, -0.1) is 0 Å². The molecule has 0 fully saturated rings. The van der Waals surface area contributed by atoms with Gasteiger partial charge in [0.15, 0.2) is 5.54 Å². The van der Waals surface area contributed by atoms with E-state index in [0.29, 0.717) is 22.6 Å². The Kier molecular flexibility index (Phi) is 3.48. The van der Waals surface area contributed by atoms with Crippen LogP contribution in [0.3, 0.4) is 0 Å². The Labute approximate surface area is 162 Å². The maximum Gasteiger partial charge on any atom is 0.283 e. The lowest BCUT2D eigenvalue weighted by molar-refractivity contribution is 0.264. The van der Waals surface area contributed by atoms with Crippen LogP contribution in [0.15, 0.2) is 64.2 Å². The van der Waals surface area contributed by atoms with E-state index >= 15 is 0 Å². The van der Waals surface area contributed by atoms with Gasteiger partial charge in [-0.2, -0.15) is 4.39 Å². The molecule has 3 aromatic rings. The van der Waals surface area contributed by atoms with Crippen molar-refractivity contribution in [3.8, 4) is 22.6 Å². The summed E-state index contributed by atoms with van der Waals surface area (Å²) < 4.78 is 26.7. The zero-order valence-electron chi connectivity index (χ0n) is 13.9. The van der Waals surface area contributed by atoms with Crippen molar-refractivity contribution in [1.29, 1.82) is 0 Å². The Morgan fingerprint density at radius 3 is 2.59 bits per heavy atom. The van der Waals surface area contributed by atoms with E-state index in [1.54, 1.807) is 18.2 Å². The predicted molar refractivity (Wildman–Crippen MR) is 102 cm³/mol. The molecule has 1 spiro atoms. The quantitative estimate of drug-likeness (QED) is 0.588. The Hall–Kier alpha value is -2.93. The van der Waals surface area contributed by atoms with Crippen LogP contribution in [-0.4, -0.2) is 17.6 Å². The van der Waals surface area contributed by atoms with Gasteiger partial charge in [0, 0.05) is 27.4 Å². The number of aliphatic imine (C=N–C) groups is 1. The zero-order valence-corrected chi connectivity index (χ0v) is 15.5. The van der Waals surface area contributed by atoms with Gasteiger partial charge >= 0.3 is 0 Å². The number of benzene rings is 2. The standard InChI is InChI=1S/C20H13BrFN3O2/c21-12-4-6-17-15(9-12)20(10-26-19(23)25-20)14-8-11(3-5-16(14)27-17)13-2-1-7-24-18(13)22/h1-9H,10H2,(H2,23,25). The van der Waals surface area contributed by atoms with E-state index in [4.69, 9.17) is 15.2 Å². The van der Waals surface area contributed by atoms with Gasteiger partial charge in [0.05, 0.1) is 0 Å². The highest BCUT2D eigenvalue weighted by Crippen LogP contribution is 2.52. The molecular weight excluding hydrogens is 413 g/mol. The van der Waals surface area contributed by atoms with Crippen LogP contribution < -0.4 is 10.5 Å². The van der Waals surface area contributed by atoms with Crippen molar-refractivity contribution < 1.29 is 13.9 Å². The molecule has 5 nitrogen and oxygen atoms in total. The Morgan fingerprint density at radius 1 is 1.07 bits per heavy atom. The maximum atomic E-state index is 14.2. The number of amidine groups is 1. The van der Waals surface area contributed by atoms with E-state index < -0.39 is 11.5 Å². The van der Waals surface area contributed by atoms with Crippen LogP contribution in [0.4, 0.5) is 4.39 Å². The Bertz CT molecular complexity index is 1120. The molecule has 2 aromatic carbocycles. The van der Waals surface area contributed by atoms with Crippen molar-refractivity contribution in [2.75, 3.05) is 6.61 Å². The van der Waals surface area contributed by atoms with Gasteiger partial charge in [-0.1, -0.05) is 22.0 Å². The molecule has 1 unspecified atom stereocenters. The number of nitrogens with two attached hydrogens (primary N) is 1. The van der Waals surface area contributed by atoms with Crippen LogP contribution in [0.2, 0.25) is 0 Å². The van der Waals surface area contributed by atoms with Crippen molar-refractivity contribution in [3.05, 3.63) is 76.3 Å². The number of nitrogens with zero attached hydrogens (tertiary/aromatic N) is 2. The minimum Gasteiger partial charge on any atom is -0.462 e. The molecule has 1 aromatic heterocycles. The smallest absolute Gasteiger partial charge is 0.283 e. The highest BCUT2D eigenvalue weighted by Gasteiger charge is 2.47. The summed E-state index contributed by atoms with van der Waals surface area (Å²) >= 11 is 3.50. The summed E-state index contributed by atoms with van der Waals surface area (Å²) in [4.78, 5) is 8.36. The first-order valence-corrected chi connectivity index (χ1v) is 9.07. The zero-order chi connectivity index (χ0) is 18.6. The number of rotatable bonds is 1. The van der Waals surface area contributed by atoms with Gasteiger partial charge < -0.3 is 15.2 Å². The summed E-state index contributed by atoms with van der Waals surface area (Å²) in [6.07, 6.45) is 1.42. The minimum atomic E-state index is -0.842. The lowest BCUT2D eigenvalue weighted by Gasteiger charge is -2.33. The van der Waals surface area contributed by atoms with Gasteiger partial charge in [0.2, 0.25) is 5.95 Å². The molecule has 3 heterocycles. The summed E-state index contributed by atoms with van der Waals surface area (Å²) in [5.74, 6) is 0.796. The number of pyridine rings is 1. The molecular formula is C20H13BrFN3O2. The molecule has 134 valence electrons. The second kappa shape index (κ2) is 5.79.